The number of amides is 1. The Bertz CT molecular complexity index is 766. The molecular weight excluding hydrogens is 412 g/mol. The van der Waals surface area contributed by atoms with Gasteiger partial charge in [0.2, 0.25) is 0 Å². The first-order valence-electron chi connectivity index (χ1n) is 13.0. The van der Waals surface area contributed by atoms with Crippen LogP contribution in [0.1, 0.15) is 77.7 Å². The van der Waals surface area contributed by atoms with Gasteiger partial charge in [0, 0.05) is 25.0 Å². The number of likely N-dealkylation sites (tertiary alicyclic amines) is 1. The van der Waals surface area contributed by atoms with Crippen molar-refractivity contribution in [2.75, 3.05) is 39.4 Å². The normalized spacial score (nSPS) is 20.9. The Morgan fingerprint density at radius 2 is 1.70 bits per heavy atom. The van der Waals surface area contributed by atoms with E-state index in [9.17, 15) is 4.79 Å². The van der Waals surface area contributed by atoms with Crippen LogP contribution in [0.4, 0.5) is 0 Å². The average Bonchev–Trinajstić information content (AvgIpc) is 3.49. The molecule has 1 aromatic carbocycles. The molecule has 1 amide bonds. The SMILES string of the molecule is CCc1ccc(OCCCCCCCCOC(C)=C(C)C(=O)N2CCC3(CCNC3)C2)cc1. The fourth-order valence-corrected chi connectivity index (χ4v) is 4.90. The van der Waals surface area contributed by atoms with Gasteiger partial charge in [-0.2, -0.15) is 0 Å². The van der Waals surface area contributed by atoms with Crippen LogP contribution in [0.5, 0.6) is 5.75 Å². The second-order valence-corrected chi connectivity index (χ2v) is 9.90. The largest absolute Gasteiger partial charge is 0.498 e. The van der Waals surface area contributed by atoms with Crippen molar-refractivity contribution >= 4 is 5.91 Å². The average molecular weight is 457 g/mol. The number of nitrogens with zero attached hydrogens (tertiary/aromatic N) is 1. The molecule has 0 aliphatic carbocycles. The molecule has 2 saturated heterocycles. The Balaban J connectivity index is 1.21. The molecule has 1 unspecified atom stereocenters. The number of aryl methyl sites for hydroxylation is 1. The second-order valence-electron chi connectivity index (χ2n) is 9.90. The zero-order valence-electron chi connectivity index (χ0n) is 21.1. The standard InChI is InChI=1S/C28H44N2O3/c1-4-25-11-13-26(14-12-25)33-20-10-8-6-5-7-9-19-32-24(3)23(2)27(31)30-18-16-28(22-30)15-17-29-21-28/h11-14,29H,4-10,15-22H2,1-3H3. The molecule has 1 aromatic rings. The predicted octanol–water partition coefficient (Wildman–Crippen LogP) is 5.49. The van der Waals surface area contributed by atoms with Gasteiger partial charge in [0.1, 0.15) is 11.5 Å². The van der Waals surface area contributed by atoms with Crippen molar-refractivity contribution in [1.82, 2.24) is 10.2 Å². The fourth-order valence-electron chi connectivity index (χ4n) is 4.90. The number of hydrogen-bond acceptors (Lipinski definition) is 4. The fraction of sp³-hybridized carbons (Fsp3) is 0.679. The molecule has 0 radical (unpaired) electrons. The molecule has 1 atom stereocenters. The summed E-state index contributed by atoms with van der Waals surface area (Å²) in [6, 6.07) is 8.42. The van der Waals surface area contributed by atoms with Crippen LogP contribution in [-0.2, 0) is 16.0 Å². The van der Waals surface area contributed by atoms with Crippen molar-refractivity contribution in [2.24, 2.45) is 5.41 Å². The molecule has 5 nitrogen and oxygen atoms in total. The summed E-state index contributed by atoms with van der Waals surface area (Å²) in [5.74, 6) is 1.91. The van der Waals surface area contributed by atoms with E-state index in [0.717, 1.165) is 75.6 Å². The summed E-state index contributed by atoms with van der Waals surface area (Å²) in [6.07, 6.45) is 10.3. The van der Waals surface area contributed by atoms with E-state index in [1.807, 2.05) is 18.7 Å². The third-order valence-electron chi connectivity index (χ3n) is 7.36. The van der Waals surface area contributed by atoms with E-state index in [-0.39, 0.29) is 5.91 Å². The summed E-state index contributed by atoms with van der Waals surface area (Å²) in [5.41, 5.74) is 2.43. The quantitative estimate of drug-likeness (QED) is 0.242. The Morgan fingerprint density at radius 1 is 1.00 bits per heavy atom. The van der Waals surface area contributed by atoms with Gasteiger partial charge in [0.15, 0.2) is 0 Å². The summed E-state index contributed by atoms with van der Waals surface area (Å²) >= 11 is 0. The zero-order valence-corrected chi connectivity index (χ0v) is 21.1. The number of unbranched alkanes of at least 4 members (excludes halogenated alkanes) is 5. The van der Waals surface area contributed by atoms with Gasteiger partial charge in [0.25, 0.3) is 5.91 Å². The molecule has 2 fully saturated rings. The first-order valence-corrected chi connectivity index (χ1v) is 13.0. The highest BCUT2D eigenvalue weighted by Crippen LogP contribution is 2.36. The molecule has 2 aliphatic rings. The van der Waals surface area contributed by atoms with E-state index in [0.29, 0.717) is 12.0 Å². The first kappa shape index (κ1) is 25.6. The Morgan fingerprint density at radius 3 is 2.36 bits per heavy atom. The topological polar surface area (TPSA) is 50.8 Å². The van der Waals surface area contributed by atoms with Crippen LogP contribution in [0.15, 0.2) is 35.6 Å². The Hall–Kier alpha value is -2.01. The number of nitrogens with one attached hydrogen (secondary N) is 1. The summed E-state index contributed by atoms with van der Waals surface area (Å²) in [4.78, 5) is 14.9. The lowest BCUT2D eigenvalue weighted by molar-refractivity contribution is -0.126. The molecule has 5 heteroatoms. The van der Waals surface area contributed by atoms with Crippen LogP contribution in [0.3, 0.4) is 0 Å². The lowest BCUT2D eigenvalue weighted by Crippen LogP contribution is -2.34. The van der Waals surface area contributed by atoms with Crippen molar-refractivity contribution in [3.63, 3.8) is 0 Å². The summed E-state index contributed by atoms with van der Waals surface area (Å²) < 4.78 is 11.7. The van der Waals surface area contributed by atoms with Crippen molar-refractivity contribution in [3.8, 4) is 5.75 Å². The molecule has 0 aromatic heterocycles. The van der Waals surface area contributed by atoms with Crippen molar-refractivity contribution < 1.29 is 14.3 Å². The van der Waals surface area contributed by atoms with Gasteiger partial charge in [-0.05, 0) is 70.2 Å². The Labute approximate surface area is 200 Å². The number of rotatable bonds is 13. The lowest BCUT2D eigenvalue weighted by Gasteiger charge is -2.23. The van der Waals surface area contributed by atoms with E-state index in [1.54, 1.807) is 0 Å². The van der Waals surface area contributed by atoms with E-state index < -0.39 is 0 Å². The third-order valence-corrected chi connectivity index (χ3v) is 7.36. The molecule has 184 valence electrons. The van der Waals surface area contributed by atoms with Gasteiger partial charge in [-0.15, -0.1) is 0 Å². The summed E-state index contributed by atoms with van der Waals surface area (Å²) in [5, 5.41) is 3.45. The number of allylic oxidation sites excluding steroid dienone is 1. The van der Waals surface area contributed by atoms with E-state index in [4.69, 9.17) is 9.47 Å². The molecule has 0 saturated carbocycles. The predicted molar refractivity (Wildman–Crippen MR) is 134 cm³/mol. The monoisotopic (exact) mass is 456 g/mol. The van der Waals surface area contributed by atoms with Gasteiger partial charge in [-0.25, -0.2) is 0 Å². The van der Waals surface area contributed by atoms with Crippen LogP contribution >= 0.6 is 0 Å². The molecule has 3 rings (SSSR count). The number of benzene rings is 1. The smallest absolute Gasteiger partial charge is 0.252 e. The maximum atomic E-state index is 12.9. The number of ether oxygens (including phenoxy) is 2. The van der Waals surface area contributed by atoms with Crippen LogP contribution < -0.4 is 10.1 Å². The van der Waals surface area contributed by atoms with Gasteiger partial charge >= 0.3 is 0 Å². The summed E-state index contributed by atoms with van der Waals surface area (Å²) in [6.45, 7) is 11.4. The Kier molecular flexibility index (Phi) is 10.1. The highest BCUT2D eigenvalue weighted by atomic mass is 16.5. The molecule has 0 bridgehead atoms. The number of hydrogen-bond donors (Lipinski definition) is 1. The highest BCUT2D eigenvalue weighted by molar-refractivity contribution is 5.93. The molecule has 33 heavy (non-hydrogen) atoms. The summed E-state index contributed by atoms with van der Waals surface area (Å²) in [7, 11) is 0. The lowest BCUT2D eigenvalue weighted by atomic mass is 9.86. The minimum atomic E-state index is 0.153. The van der Waals surface area contributed by atoms with Crippen LogP contribution in [0, 0.1) is 5.41 Å². The van der Waals surface area contributed by atoms with Gasteiger partial charge in [-0.3, -0.25) is 4.79 Å². The van der Waals surface area contributed by atoms with E-state index in [2.05, 4.69) is 36.5 Å². The van der Waals surface area contributed by atoms with Crippen LogP contribution in [-0.4, -0.2) is 50.2 Å². The van der Waals surface area contributed by atoms with E-state index in [1.165, 1.54) is 37.7 Å². The molecule has 2 heterocycles. The maximum absolute atomic E-state index is 12.9. The van der Waals surface area contributed by atoms with Gasteiger partial charge in [0.05, 0.1) is 18.8 Å². The zero-order chi connectivity index (χ0) is 23.5. The second kappa shape index (κ2) is 13.0. The third kappa shape index (κ3) is 7.77. The minimum absolute atomic E-state index is 0.153. The van der Waals surface area contributed by atoms with Gasteiger partial charge < -0.3 is 19.7 Å². The number of carbonyl (C=O) groups excluding carboxylic acids is 1. The minimum Gasteiger partial charge on any atom is -0.498 e. The van der Waals surface area contributed by atoms with Crippen molar-refractivity contribution in [1.29, 1.82) is 0 Å². The van der Waals surface area contributed by atoms with Crippen LogP contribution in [0.25, 0.3) is 0 Å². The molecular formula is C28H44N2O3. The van der Waals surface area contributed by atoms with Crippen molar-refractivity contribution in [3.05, 3.63) is 41.2 Å². The first-order chi connectivity index (χ1) is 16.0. The van der Waals surface area contributed by atoms with Gasteiger partial charge in [-0.1, -0.05) is 44.7 Å². The maximum Gasteiger partial charge on any atom is 0.252 e. The molecule has 1 N–H and O–H groups in total. The van der Waals surface area contributed by atoms with Crippen molar-refractivity contribution in [2.45, 2.75) is 78.6 Å². The number of carbonyl (C=O) groups is 1. The van der Waals surface area contributed by atoms with E-state index >= 15 is 0 Å². The highest BCUT2D eigenvalue weighted by Gasteiger charge is 2.42. The molecule has 1 spiro atoms. The van der Waals surface area contributed by atoms with Crippen LogP contribution in [0.2, 0.25) is 0 Å². The molecule has 2 aliphatic heterocycles.